The van der Waals surface area contributed by atoms with Crippen LogP contribution in [0.1, 0.15) is 0 Å². The van der Waals surface area contributed by atoms with E-state index in [0.717, 1.165) is 0 Å². The maximum absolute atomic E-state index is 10.2. The van der Waals surface area contributed by atoms with E-state index in [1.807, 2.05) is 0 Å². The Morgan fingerprint density at radius 1 is 1.88 bits per heavy atom. The maximum atomic E-state index is 10.2. The molecule has 0 spiro atoms. The van der Waals surface area contributed by atoms with E-state index in [2.05, 4.69) is 5.32 Å². The molecule has 1 unspecified atom stereocenters. The molecule has 4 nitrogen and oxygen atoms in total. The van der Waals surface area contributed by atoms with E-state index in [1.54, 1.807) is 0 Å². The molecule has 0 aromatic carbocycles. The second-order valence-corrected chi connectivity index (χ2v) is 1.62. The van der Waals surface area contributed by atoms with Crippen LogP contribution in [-0.2, 0) is 9.59 Å². The summed E-state index contributed by atoms with van der Waals surface area (Å²) in [5, 5.41) is 10.6. The first kappa shape index (κ1) is 5.24. The molecule has 1 rings (SSSR count). The van der Waals surface area contributed by atoms with Gasteiger partial charge in [-0.2, -0.15) is 0 Å². The highest BCUT2D eigenvalue weighted by Crippen LogP contribution is 1.95. The second kappa shape index (κ2) is 1.56. The predicted octanol–water partition coefficient (Wildman–Crippen LogP) is -1.39. The van der Waals surface area contributed by atoms with Gasteiger partial charge in [-0.3, -0.25) is 14.9 Å². The first-order valence-electron chi connectivity index (χ1n) is 2.20. The lowest BCUT2D eigenvalue weighted by Gasteiger charge is -2.20. The van der Waals surface area contributed by atoms with Crippen LogP contribution in [0.2, 0.25) is 0 Å². The average molecular weight is 115 g/mol. The third kappa shape index (κ3) is 0.586. The van der Waals surface area contributed by atoms with Crippen molar-refractivity contribution in [1.82, 2.24) is 5.32 Å². The Labute approximate surface area is 45.5 Å². The minimum atomic E-state index is -1.08. The summed E-state index contributed by atoms with van der Waals surface area (Å²) in [6, 6.07) is -0.921. The monoisotopic (exact) mass is 115 g/mol. The molecule has 44 valence electrons. The molecule has 2 N–H and O–H groups in total. The summed E-state index contributed by atoms with van der Waals surface area (Å²) in [7, 11) is 0. The van der Waals surface area contributed by atoms with E-state index < -0.39 is 12.0 Å². The zero-order valence-corrected chi connectivity index (χ0v) is 4.05. The Morgan fingerprint density at radius 2 is 2.50 bits per heavy atom. The fraction of sp³-hybridized carbons (Fsp3) is 0.500. The van der Waals surface area contributed by atoms with Crippen LogP contribution in [0.3, 0.4) is 0 Å². The van der Waals surface area contributed by atoms with E-state index in [4.69, 9.17) is 5.11 Å². The number of ketones is 1. The number of carboxylic acid groups (broad SMARTS) is 1. The van der Waals surface area contributed by atoms with Gasteiger partial charge in [-0.1, -0.05) is 0 Å². The van der Waals surface area contributed by atoms with Gasteiger partial charge in [0.15, 0.2) is 11.8 Å². The number of carbonyl (C=O) groups excluding carboxylic acids is 1. The number of nitrogens with one attached hydrogen (secondary N) is 1. The van der Waals surface area contributed by atoms with Gasteiger partial charge in [0.25, 0.3) is 0 Å². The number of carbonyl (C=O) groups is 2. The highest BCUT2D eigenvalue weighted by atomic mass is 16.4. The normalized spacial score (nSPS) is 27.0. The topological polar surface area (TPSA) is 66.4 Å². The molecule has 1 aliphatic rings. The van der Waals surface area contributed by atoms with Gasteiger partial charge in [0.05, 0.1) is 6.54 Å². The lowest BCUT2D eigenvalue weighted by Crippen LogP contribution is -2.58. The Morgan fingerprint density at radius 3 is 2.50 bits per heavy atom. The van der Waals surface area contributed by atoms with Gasteiger partial charge in [-0.05, 0) is 0 Å². The van der Waals surface area contributed by atoms with Crippen molar-refractivity contribution < 1.29 is 14.7 Å². The summed E-state index contributed by atoms with van der Waals surface area (Å²) in [6.07, 6.45) is 0. The molecule has 0 saturated carbocycles. The number of Topliss-reactive ketones (excluding diaryl/α,β-unsaturated/α-hetero) is 1. The summed E-state index contributed by atoms with van der Waals surface area (Å²) in [5.74, 6) is -1.32. The van der Waals surface area contributed by atoms with E-state index in [-0.39, 0.29) is 12.3 Å². The quantitative estimate of drug-likeness (QED) is 0.413. The summed E-state index contributed by atoms with van der Waals surface area (Å²) in [6.45, 7) is 0.205. The van der Waals surface area contributed by atoms with Crippen molar-refractivity contribution in [3.8, 4) is 0 Å². The van der Waals surface area contributed by atoms with Crippen molar-refractivity contribution in [3.63, 3.8) is 0 Å². The Balaban J connectivity index is 2.49. The highest BCUT2D eigenvalue weighted by molar-refractivity contribution is 6.07. The van der Waals surface area contributed by atoms with Crippen molar-refractivity contribution in [2.75, 3.05) is 6.54 Å². The van der Waals surface area contributed by atoms with Gasteiger partial charge in [0.2, 0.25) is 0 Å². The van der Waals surface area contributed by atoms with Crippen molar-refractivity contribution >= 4 is 11.8 Å². The third-order valence-corrected chi connectivity index (χ3v) is 1.05. The molecule has 8 heavy (non-hydrogen) atoms. The van der Waals surface area contributed by atoms with Crippen LogP contribution < -0.4 is 5.32 Å². The van der Waals surface area contributed by atoms with Crippen LogP contribution in [0.15, 0.2) is 0 Å². The molecule has 4 heteroatoms. The number of hydrogen-bond donors (Lipinski definition) is 2. The van der Waals surface area contributed by atoms with E-state index in [9.17, 15) is 9.59 Å². The largest absolute Gasteiger partial charge is 0.480 e. The Hall–Kier alpha value is -0.900. The molecule has 0 radical (unpaired) electrons. The fourth-order valence-corrected chi connectivity index (χ4v) is 0.512. The predicted molar refractivity (Wildman–Crippen MR) is 24.4 cm³/mol. The lowest BCUT2D eigenvalue weighted by atomic mass is 10.1. The van der Waals surface area contributed by atoms with E-state index in [1.165, 1.54) is 0 Å². The van der Waals surface area contributed by atoms with Gasteiger partial charge in [-0.25, -0.2) is 0 Å². The molecule has 0 aliphatic carbocycles. The van der Waals surface area contributed by atoms with Crippen LogP contribution in [0.25, 0.3) is 0 Å². The number of hydrogen-bond acceptors (Lipinski definition) is 3. The van der Waals surface area contributed by atoms with Crippen LogP contribution in [0.4, 0.5) is 0 Å². The van der Waals surface area contributed by atoms with Gasteiger partial charge < -0.3 is 5.11 Å². The first-order chi connectivity index (χ1) is 3.72. The first-order valence-corrected chi connectivity index (χ1v) is 2.20. The summed E-state index contributed by atoms with van der Waals surface area (Å²) >= 11 is 0. The minimum Gasteiger partial charge on any atom is -0.480 e. The zero-order valence-electron chi connectivity index (χ0n) is 4.05. The molecule has 0 bridgehead atoms. The van der Waals surface area contributed by atoms with Crippen molar-refractivity contribution in [3.05, 3.63) is 0 Å². The molecule has 1 atom stereocenters. The van der Waals surface area contributed by atoms with Crippen molar-refractivity contribution in [2.24, 2.45) is 0 Å². The molecular formula is C4H5NO3. The third-order valence-electron chi connectivity index (χ3n) is 1.05. The highest BCUT2D eigenvalue weighted by Gasteiger charge is 2.33. The number of aliphatic carboxylic acids is 1. The van der Waals surface area contributed by atoms with Crippen molar-refractivity contribution in [1.29, 1.82) is 0 Å². The number of carboxylic acids is 1. The van der Waals surface area contributed by atoms with Gasteiger partial charge in [0.1, 0.15) is 0 Å². The maximum Gasteiger partial charge on any atom is 0.328 e. The Kier molecular flexibility index (Phi) is 1.02. The zero-order chi connectivity index (χ0) is 6.15. The average Bonchev–Trinajstić information content (AvgIpc) is 1.61. The summed E-state index contributed by atoms with van der Waals surface area (Å²) in [5.41, 5.74) is 0. The molecule has 1 fully saturated rings. The summed E-state index contributed by atoms with van der Waals surface area (Å²) in [4.78, 5) is 20.1. The van der Waals surface area contributed by atoms with E-state index in [0.29, 0.717) is 0 Å². The van der Waals surface area contributed by atoms with Gasteiger partial charge >= 0.3 is 5.97 Å². The number of rotatable bonds is 1. The van der Waals surface area contributed by atoms with Crippen molar-refractivity contribution in [2.45, 2.75) is 6.04 Å². The minimum absolute atomic E-state index is 0.205. The van der Waals surface area contributed by atoms with Gasteiger partial charge in [0, 0.05) is 0 Å². The SMILES string of the molecule is O=C(O)C1NCC1=O. The van der Waals surface area contributed by atoms with Crippen LogP contribution in [0, 0.1) is 0 Å². The smallest absolute Gasteiger partial charge is 0.328 e. The molecule has 0 aromatic heterocycles. The molecule has 1 heterocycles. The Bertz CT molecular complexity index is 134. The van der Waals surface area contributed by atoms with Gasteiger partial charge in [-0.15, -0.1) is 0 Å². The standard InChI is InChI=1S/C4H5NO3/c6-2-1-5-3(2)4(7)8/h3,5H,1H2,(H,7,8). The second-order valence-electron chi connectivity index (χ2n) is 1.62. The van der Waals surface area contributed by atoms with Crippen LogP contribution >= 0.6 is 0 Å². The summed E-state index contributed by atoms with van der Waals surface area (Å²) < 4.78 is 0. The fourth-order valence-electron chi connectivity index (χ4n) is 0.512. The van der Waals surface area contributed by atoms with Crippen LogP contribution in [0.5, 0.6) is 0 Å². The molecule has 1 saturated heterocycles. The molecule has 0 aromatic rings. The van der Waals surface area contributed by atoms with E-state index >= 15 is 0 Å². The van der Waals surface area contributed by atoms with Crippen LogP contribution in [-0.4, -0.2) is 29.4 Å². The lowest BCUT2D eigenvalue weighted by molar-refractivity contribution is -0.146. The molecule has 0 amide bonds. The molecule has 1 aliphatic heterocycles. The molecular weight excluding hydrogens is 110 g/mol.